The monoisotopic (exact) mass is 494 g/mol. The number of aromatic hydroxyl groups is 1. The lowest BCUT2D eigenvalue weighted by Gasteiger charge is -2.07. The number of hydrogen-bond acceptors (Lipinski definition) is 9. The number of hydrogen-bond donors (Lipinski definition) is 2. The van der Waals surface area contributed by atoms with Gasteiger partial charge in [-0.2, -0.15) is 5.10 Å². The molecule has 3 rings (SSSR count). The van der Waals surface area contributed by atoms with Gasteiger partial charge < -0.3 is 9.84 Å². The molecule has 0 spiro atoms. The molecule has 1 heterocycles. The van der Waals surface area contributed by atoms with Crippen molar-refractivity contribution >= 4 is 58.6 Å². The molecule has 0 radical (unpaired) electrons. The minimum absolute atomic E-state index is 0.0192. The molecule has 2 aromatic carbocycles. The average Bonchev–Trinajstić information content (AvgIpc) is 3.22. The normalized spacial score (nSPS) is 11.0. The number of benzene rings is 2. The van der Waals surface area contributed by atoms with Crippen LogP contribution in [0.4, 0.5) is 0 Å². The van der Waals surface area contributed by atoms with Crippen LogP contribution >= 0.6 is 46.5 Å². The smallest absolute Gasteiger partial charge is 0.250 e. The van der Waals surface area contributed by atoms with Gasteiger partial charge in [-0.3, -0.25) is 4.79 Å². The van der Waals surface area contributed by atoms with Crippen LogP contribution in [-0.4, -0.2) is 39.8 Å². The van der Waals surface area contributed by atoms with Crippen molar-refractivity contribution in [3.05, 3.63) is 58.6 Å². The van der Waals surface area contributed by atoms with E-state index in [1.165, 1.54) is 29.3 Å². The minimum Gasteiger partial charge on any atom is -0.504 e. The van der Waals surface area contributed by atoms with Gasteiger partial charge in [0.05, 0.1) is 18.6 Å². The number of carbonyl (C=O) groups is 1. The first-order valence-corrected chi connectivity index (χ1v) is 12.3. The Balaban J connectivity index is 1.43. The molecule has 0 saturated carbocycles. The summed E-state index contributed by atoms with van der Waals surface area (Å²) in [4.78, 5) is 12.0. The highest BCUT2D eigenvalue weighted by Crippen LogP contribution is 2.31. The molecule has 162 valence electrons. The second kappa shape index (κ2) is 11.9. The summed E-state index contributed by atoms with van der Waals surface area (Å²) in [6.07, 6.45) is 1.37. The topological polar surface area (TPSA) is 96.7 Å². The van der Waals surface area contributed by atoms with Gasteiger partial charge in [0, 0.05) is 16.3 Å². The van der Waals surface area contributed by atoms with Crippen LogP contribution in [-0.2, 0) is 10.5 Å². The highest BCUT2D eigenvalue weighted by molar-refractivity contribution is 8.03. The number of thioether (sulfide) groups is 2. The maximum atomic E-state index is 12.0. The molecule has 0 aliphatic carbocycles. The Morgan fingerprint density at radius 1 is 1.23 bits per heavy atom. The zero-order chi connectivity index (χ0) is 22.1. The van der Waals surface area contributed by atoms with Crippen molar-refractivity contribution in [1.29, 1.82) is 0 Å². The first-order valence-electron chi connectivity index (χ1n) is 9.15. The third-order valence-electron chi connectivity index (χ3n) is 3.71. The Hall–Kier alpha value is -2.27. The standard InChI is InChI=1S/C20H19ClN4O3S3/c1-2-28-16-5-3-4-14(18(16)27)10-22-23-17(26)12-30-20-25-24-19(31-20)29-11-13-6-8-15(21)9-7-13/h3-10,27H,2,11-12H2,1H3,(H,23,26)/b22-10-. The van der Waals surface area contributed by atoms with Crippen LogP contribution in [0.5, 0.6) is 11.5 Å². The van der Waals surface area contributed by atoms with E-state index in [-0.39, 0.29) is 17.4 Å². The Morgan fingerprint density at radius 3 is 2.71 bits per heavy atom. The predicted molar refractivity (Wildman–Crippen MR) is 127 cm³/mol. The van der Waals surface area contributed by atoms with Crippen molar-refractivity contribution in [2.24, 2.45) is 5.10 Å². The summed E-state index contributed by atoms with van der Waals surface area (Å²) in [5.41, 5.74) is 4.03. The molecule has 0 aliphatic heterocycles. The van der Waals surface area contributed by atoms with E-state index in [1.807, 2.05) is 31.2 Å². The summed E-state index contributed by atoms with van der Waals surface area (Å²) >= 11 is 10.2. The van der Waals surface area contributed by atoms with Gasteiger partial charge in [-0.15, -0.1) is 10.2 Å². The molecule has 0 saturated heterocycles. The van der Waals surface area contributed by atoms with Crippen molar-refractivity contribution in [1.82, 2.24) is 15.6 Å². The molecule has 0 fully saturated rings. The third-order valence-corrected chi connectivity index (χ3v) is 7.23. The lowest BCUT2D eigenvalue weighted by atomic mass is 10.2. The van der Waals surface area contributed by atoms with E-state index in [0.29, 0.717) is 27.3 Å². The zero-order valence-electron chi connectivity index (χ0n) is 16.4. The number of nitrogens with one attached hydrogen (secondary N) is 1. The van der Waals surface area contributed by atoms with Gasteiger partial charge >= 0.3 is 0 Å². The SMILES string of the molecule is CCOc1cccc(/C=N\NC(=O)CSc2nnc(SCc3ccc(Cl)cc3)s2)c1O. The number of phenolic OH excluding ortho intramolecular Hbond substituents is 1. The Bertz CT molecular complexity index is 1040. The van der Waals surface area contributed by atoms with Crippen LogP contribution in [0.15, 0.2) is 56.2 Å². The molecule has 0 unspecified atom stereocenters. The number of aromatic nitrogens is 2. The van der Waals surface area contributed by atoms with Gasteiger partial charge in [-0.05, 0) is 36.8 Å². The van der Waals surface area contributed by atoms with E-state index in [1.54, 1.807) is 30.0 Å². The number of phenols is 1. The maximum absolute atomic E-state index is 12.0. The molecule has 7 nitrogen and oxygen atoms in total. The number of ether oxygens (including phenoxy) is 1. The Kier molecular flexibility index (Phi) is 9.01. The number of rotatable bonds is 10. The fraction of sp³-hybridized carbons (Fsp3) is 0.200. The summed E-state index contributed by atoms with van der Waals surface area (Å²) in [7, 11) is 0. The largest absolute Gasteiger partial charge is 0.504 e. The second-order valence-electron chi connectivity index (χ2n) is 5.96. The Labute approximate surface area is 197 Å². The molecule has 0 aliphatic rings. The molecule has 0 bridgehead atoms. The van der Waals surface area contributed by atoms with E-state index < -0.39 is 0 Å². The van der Waals surface area contributed by atoms with E-state index in [2.05, 4.69) is 20.7 Å². The van der Waals surface area contributed by atoms with Crippen LogP contribution in [0, 0.1) is 0 Å². The summed E-state index contributed by atoms with van der Waals surface area (Å²) in [5, 5.41) is 23.0. The van der Waals surface area contributed by atoms with Crippen LogP contribution in [0.2, 0.25) is 5.02 Å². The summed E-state index contributed by atoms with van der Waals surface area (Å²) in [6, 6.07) is 12.7. The summed E-state index contributed by atoms with van der Waals surface area (Å²) < 4.78 is 6.86. The number of halogens is 1. The fourth-order valence-electron chi connectivity index (χ4n) is 2.29. The van der Waals surface area contributed by atoms with Crippen molar-refractivity contribution in [3.8, 4) is 11.5 Å². The van der Waals surface area contributed by atoms with Crippen LogP contribution in [0.1, 0.15) is 18.1 Å². The Morgan fingerprint density at radius 2 is 1.97 bits per heavy atom. The van der Waals surface area contributed by atoms with E-state index >= 15 is 0 Å². The first kappa shape index (κ1) is 23.4. The molecule has 1 amide bonds. The number of hydrazone groups is 1. The first-order chi connectivity index (χ1) is 15.0. The molecule has 3 aromatic rings. The summed E-state index contributed by atoms with van der Waals surface area (Å²) in [6.45, 7) is 2.27. The number of nitrogens with zero attached hydrogens (tertiary/aromatic N) is 3. The average molecular weight is 495 g/mol. The molecule has 2 N–H and O–H groups in total. The van der Waals surface area contributed by atoms with Gasteiger partial charge in [0.25, 0.3) is 5.91 Å². The molecular formula is C20H19ClN4O3S3. The fourth-order valence-corrected chi connectivity index (χ4v) is 5.18. The number of para-hydroxylation sites is 1. The highest BCUT2D eigenvalue weighted by Gasteiger charge is 2.09. The lowest BCUT2D eigenvalue weighted by molar-refractivity contribution is -0.118. The zero-order valence-corrected chi connectivity index (χ0v) is 19.7. The quantitative estimate of drug-likeness (QED) is 0.236. The molecule has 1 aromatic heterocycles. The van der Waals surface area contributed by atoms with Gasteiger partial charge in [0.15, 0.2) is 20.2 Å². The summed E-state index contributed by atoms with van der Waals surface area (Å²) in [5.74, 6) is 0.984. The number of amides is 1. The molecule has 0 atom stereocenters. The maximum Gasteiger partial charge on any atom is 0.250 e. The molecule has 11 heteroatoms. The van der Waals surface area contributed by atoms with E-state index in [4.69, 9.17) is 16.3 Å². The van der Waals surface area contributed by atoms with Gasteiger partial charge in [0.2, 0.25) is 0 Å². The molecule has 31 heavy (non-hydrogen) atoms. The number of carbonyl (C=O) groups excluding carboxylic acids is 1. The van der Waals surface area contributed by atoms with Crippen LogP contribution < -0.4 is 10.2 Å². The van der Waals surface area contributed by atoms with Gasteiger partial charge in [-0.25, -0.2) is 5.43 Å². The van der Waals surface area contributed by atoms with Crippen molar-refractivity contribution in [2.45, 2.75) is 21.4 Å². The van der Waals surface area contributed by atoms with Crippen molar-refractivity contribution in [3.63, 3.8) is 0 Å². The van der Waals surface area contributed by atoms with E-state index in [9.17, 15) is 9.90 Å². The van der Waals surface area contributed by atoms with Crippen LogP contribution in [0.3, 0.4) is 0 Å². The highest BCUT2D eigenvalue weighted by atomic mass is 35.5. The van der Waals surface area contributed by atoms with Crippen LogP contribution in [0.25, 0.3) is 0 Å². The second-order valence-corrected chi connectivity index (χ2v) is 9.82. The van der Waals surface area contributed by atoms with E-state index in [0.717, 1.165) is 15.7 Å². The third kappa shape index (κ3) is 7.42. The van der Waals surface area contributed by atoms with Crippen molar-refractivity contribution < 1.29 is 14.6 Å². The molecular weight excluding hydrogens is 476 g/mol. The van der Waals surface area contributed by atoms with Gasteiger partial charge in [-0.1, -0.05) is 64.7 Å². The lowest BCUT2D eigenvalue weighted by Crippen LogP contribution is -2.19. The minimum atomic E-state index is -0.285. The van der Waals surface area contributed by atoms with Crippen molar-refractivity contribution in [2.75, 3.05) is 12.4 Å². The predicted octanol–water partition coefficient (Wildman–Crippen LogP) is 4.83. The van der Waals surface area contributed by atoms with Gasteiger partial charge in [0.1, 0.15) is 0 Å².